The van der Waals surface area contributed by atoms with Gasteiger partial charge in [-0.1, -0.05) is 0 Å². The van der Waals surface area contributed by atoms with E-state index in [0.717, 1.165) is 31.5 Å². The van der Waals surface area contributed by atoms with Crippen molar-refractivity contribution in [1.29, 1.82) is 0 Å². The smallest absolute Gasteiger partial charge is 0.243 e. The lowest BCUT2D eigenvalue weighted by Crippen LogP contribution is -2.29. The molecule has 0 aliphatic carbocycles. The number of benzene rings is 1. The molecule has 6 heteroatoms. The van der Waals surface area contributed by atoms with Gasteiger partial charge in [-0.15, -0.1) is 0 Å². The third-order valence-electron chi connectivity index (χ3n) is 4.23. The van der Waals surface area contributed by atoms with Gasteiger partial charge < -0.3 is 4.90 Å². The minimum absolute atomic E-state index is 0.115. The molecule has 2 aliphatic rings. The second-order valence-electron chi connectivity index (χ2n) is 5.71. The summed E-state index contributed by atoms with van der Waals surface area (Å²) >= 11 is 0. The van der Waals surface area contributed by atoms with Crippen molar-refractivity contribution in [3.8, 4) is 0 Å². The minimum Gasteiger partial charge on any atom is -0.312 e. The summed E-state index contributed by atoms with van der Waals surface area (Å²) in [6.07, 6.45) is 3.30. The second-order valence-corrected chi connectivity index (χ2v) is 7.62. The Balaban J connectivity index is 1.93. The van der Waals surface area contributed by atoms with Gasteiger partial charge in [0.2, 0.25) is 15.9 Å². The van der Waals surface area contributed by atoms with Crippen LogP contribution in [0.1, 0.15) is 31.2 Å². The lowest BCUT2D eigenvalue weighted by molar-refractivity contribution is -0.117. The van der Waals surface area contributed by atoms with Crippen LogP contribution >= 0.6 is 0 Å². The number of amides is 1. The molecule has 2 saturated heterocycles. The van der Waals surface area contributed by atoms with E-state index in [9.17, 15) is 13.2 Å². The highest BCUT2D eigenvalue weighted by Crippen LogP contribution is 2.28. The van der Waals surface area contributed by atoms with Crippen LogP contribution in [0.5, 0.6) is 0 Å². The van der Waals surface area contributed by atoms with Crippen molar-refractivity contribution in [2.45, 2.75) is 37.5 Å². The summed E-state index contributed by atoms with van der Waals surface area (Å²) in [6, 6.07) is 5.20. The molecular formula is C15H20N2O3S. The number of carbonyl (C=O) groups excluding carboxylic acids is 1. The number of aryl methyl sites for hydroxylation is 1. The van der Waals surface area contributed by atoms with Gasteiger partial charge in [0.05, 0.1) is 4.90 Å². The molecule has 5 nitrogen and oxygen atoms in total. The van der Waals surface area contributed by atoms with Crippen LogP contribution in [0, 0.1) is 6.92 Å². The maximum Gasteiger partial charge on any atom is 0.243 e. The van der Waals surface area contributed by atoms with Gasteiger partial charge in [0.1, 0.15) is 0 Å². The van der Waals surface area contributed by atoms with Crippen molar-refractivity contribution in [1.82, 2.24) is 4.31 Å². The molecule has 3 rings (SSSR count). The fourth-order valence-electron chi connectivity index (χ4n) is 3.08. The molecule has 114 valence electrons. The molecule has 2 fully saturated rings. The molecule has 0 N–H and O–H groups in total. The molecule has 0 spiro atoms. The molecule has 1 amide bonds. The predicted octanol–water partition coefficient (Wildman–Crippen LogP) is 1.91. The molecule has 0 atom stereocenters. The van der Waals surface area contributed by atoms with Crippen LogP contribution in [0.2, 0.25) is 0 Å². The number of carbonyl (C=O) groups is 1. The van der Waals surface area contributed by atoms with Gasteiger partial charge in [0.15, 0.2) is 0 Å². The highest BCUT2D eigenvalue weighted by molar-refractivity contribution is 7.89. The third kappa shape index (κ3) is 2.58. The molecule has 21 heavy (non-hydrogen) atoms. The Morgan fingerprint density at radius 1 is 1.05 bits per heavy atom. The van der Waals surface area contributed by atoms with Crippen LogP contribution < -0.4 is 4.90 Å². The quantitative estimate of drug-likeness (QED) is 0.857. The second kappa shape index (κ2) is 5.42. The minimum atomic E-state index is -3.39. The predicted molar refractivity (Wildman–Crippen MR) is 80.8 cm³/mol. The first-order valence-corrected chi connectivity index (χ1v) is 8.85. The van der Waals surface area contributed by atoms with E-state index < -0.39 is 10.0 Å². The molecule has 2 aliphatic heterocycles. The van der Waals surface area contributed by atoms with Crippen molar-refractivity contribution >= 4 is 21.6 Å². The summed E-state index contributed by atoms with van der Waals surface area (Å²) < 4.78 is 26.7. The summed E-state index contributed by atoms with van der Waals surface area (Å²) in [5, 5.41) is 0. The van der Waals surface area contributed by atoms with E-state index in [1.807, 2.05) is 6.07 Å². The standard InChI is InChI=1S/C15H20N2O3S/c1-12-11-13(17-10-4-5-15(17)18)6-7-14(12)21(19,20)16-8-2-3-9-16/h6-7,11H,2-5,8-10H2,1H3. The van der Waals surface area contributed by atoms with Gasteiger partial charge in [-0.05, 0) is 49.9 Å². The number of sulfonamides is 1. The van der Waals surface area contributed by atoms with Crippen molar-refractivity contribution in [2.24, 2.45) is 0 Å². The van der Waals surface area contributed by atoms with Crippen LogP contribution in [0.15, 0.2) is 23.1 Å². The summed E-state index contributed by atoms with van der Waals surface area (Å²) in [4.78, 5) is 13.9. The van der Waals surface area contributed by atoms with Gasteiger partial charge in [0, 0.05) is 31.7 Å². The van der Waals surface area contributed by atoms with E-state index in [1.54, 1.807) is 28.3 Å². The Morgan fingerprint density at radius 3 is 2.33 bits per heavy atom. The van der Waals surface area contributed by atoms with Gasteiger partial charge in [0.25, 0.3) is 0 Å². The summed E-state index contributed by atoms with van der Waals surface area (Å²) in [6.45, 7) is 3.73. The lowest BCUT2D eigenvalue weighted by atomic mass is 10.2. The monoisotopic (exact) mass is 308 g/mol. The third-order valence-corrected chi connectivity index (χ3v) is 6.29. The first-order chi connectivity index (χ1) is 10.00. The Morgan fingerprint density at radius 2 is 1.76 bits per heavy atom. The van der Waals surface area contributed by atoms with Crippen LogP contribution in [0.3, 0.4) is 0 Å². The topological polar surface area (TPSA) is 57.7 Å². The fourth-order valence-corrected chi connectivity index (χ4v) is 4.80. The SMILES string of the molecule is Cc1cc(N2CCCC2=O)ccc1S(=O)(=O)N1CCCC1. The fraction of sp³-hybridized carbons (Fsp3) is 0.533. The lowest BCUT2D eigenvalue weighted by Gasteiger charge is -2.20. The van der Waals surface area contributed by atoms with Crippen molar-refractivity contribution in [3.63, 3.8) is 0 Å². The average molecular weight is 308 g/mol. The van der Waals surface area contributed by atoms with E-state index >= 15 is 0 Å². The largest absolute Gasteiger partial charge is 0.312 e. The highest BCUT2D eigenvalue weighted by atomic mass is 32.2. The van der Waals surface area contributed by atoms with Gasteiger partial charge in [-0.3, -0.25) is 4.79 Å². The highest BCUT2D eigenvalue weighted by Gasteiger charge is 2.29. The molecule has 0 aromatic heterocycles. The van der Waals surface area contributed by atoms with Crippen molar-refractivity contribution < 1.29 is 13.2 Å². The molecule has 0 saturated carbocycles. The number of nitrogens with zero attached hydrogens (tertiary/aromatic N) is 2. The molecule has 0 unspecified atom stereocenters. The van der Waals surface area contributed by atoms with E-state index in [2.05, 4.69) is 0 Å². The Kier molecular flexibility index (Phi) is 3.75. The van der Waals surface area contributed by atoms with E-state index in [-0.39, 0.29) is 5.91 Å². The normalized spacial score (nSPS) is 20.4. The van der Waals surface area contributed by atoms with Gasteiger partial charge in [-0.25, -0.2) is 8.42 Å². The zero-order valence-electron chi connectivity index (χ0n) is 12.2. The zero-order chi connectivity index (χ0) is 15.0. The Bertz CT molecular complexity index is 663. The van der Waals surface area contributed by atoms with Crippen LogP contribution in [-0.2, 0) is 14.8 Å². The first kappa shape index (κ1) is 14.5. The molecule has 1 aromatic carbocycles. The number of anilines is 1. The van der Waals surface area contributed by atoms with E-state index in [1.165, 1.54) is 0 Å². The van der Waals surface area contributed by atoms with Crippen LogP contribution in [-0.4, -0.2) is 38.3 Å². The number of rotatable bonds is 3. The maximum atomic E-state index is 12.6. The molecule has 1 aromatic rings. The van der Waals surface area contributed by atoms with Crippen LogP contribution in [0.4, 0.5) is 5.69 Å². The number of hydrogen-bond donors (Lipinski definition) is 0. The van der Waals surface area contributed by atoms with Gasteiger partial charge >= 0.3 is 0 Å². The van der Waals surface area contributed by atoms with E-state index in [4.69, 9.17) is 0 Å². The number of hydrogen-bond acceptors (Lipinski definition) is 3. The summed E-state index contributed by atoms with van der Waals surface area (Å²) in [5.74, 6) is 0.115. The summed E-state index contributed by atoms with van der Waals surface area (Å²) in [7, 11) is -3.39. The van der Waals surface area contributed by atoms with E-state index in [0.29, 0.717) is 30.0 Å². The van der Waals surface area contributed by atoms with Crippen molar-refractivity contribution in [3.05, 3.63) is 23.8 Å². The Hall–Kier alpha value is -1.40. The van der Waals surface area contributed by atoms with Crippen molar-refractivity contribution in [2.75, 3.05) is 24.5 Å². The summed E-state index contributed by atoms with van der Waals surface area (Å²) in [5.41, 5.74) is 1.51. The van der Waals surface area contributed by atoms with Gasteiger partial charge in [-0.2, -0.15) is 4.31 Å². The average Bonchev–Trinajstić information content (AvgIpc) is 3.09. The molecule has 0 bridgehead atoms. The molecular weight excluding hydrogens is 288 g/mol. The van der Waals surface area contributed by atoms with Crippen LogP contribution in [0.25, 0.3) is 0 Å². The molecule has 0 radical (unpaired) electrons. The first-order valence-electron chi connectivity index (χ1n) is 7.41. The zero-order valence-corrected chi connectivity index (χ0v) is 13.0. The maximum absolute atomic E-state index is 12.6. The molecule has 2 heterocycles. The Labute approximate surface area is 125 Å².